The van der Waals surface area contributed by atoms with Gasteiger partial charge in [0.1, 0.15) is 11.6 Å². The Hall–Kier alpha value is -1.04. The van der Waals surface area contributed by atoms with E-state index in [1.54, 1.807) is 0 Å². The standard InChI is InChI=1S/C16H24F2N2O/c1-15(2)9-20(10-16(3,4)21-15)8-14(19)12-6-5-11(17)7-13(12)18/h5-7,14H,8-10,19H2,1-4H3. The summed E-state index contributed by atoms with van der Waals surface area (Å²) in [5.41, 5.74) is 5.90. The summed E-state index contributed by atoms with van der Waals surface area (Å²) in [6, 6.07) is 3.05. The number of benzene rings is 1. The number of halogens is 2. The maximum absolute atomic E-state index is 13.8. The van der Waals surface area contributed by atoms with Crippen LogP contribution in [0.4, 0.5) is 8.78 Å². The zero-order chi connectivity index (χ0) is 15.8. The molecule has 1 aromatic carbocycles. The summed E-state index contributed by atoms with van der Waals surface area (Å²) >= 11 is 0. The van der Waals surface area contributed by atoms with Crippen molar-refractivity contribution in [1.29, 1.82) is 0 Å². The van der Waals surface area contributed by atoms with Gasteiger partial charge >= 0.3 is 0 Å². The molecule has 1 aliphatic rings. The first-order valence-corrected chi connectivity index (χ1v) is 7.21. The molecule has 1 heterocycles. The van der Waals surface area contributed by atoms with Crippen LogP contribution in [0.5, 0.6) is 0 Å². The molecule has 1 atom stereocenters. The minimum Gasteiger partial charge on any atom is -0.367 e. The molecule has 118 valence electrons. The van der Waals surface area contributed by atoms with Crippen molar-refractivity contribution in [3.05, 3.63) is 35.4 Å². The minimum atomic E-state index is -0.589. The normalized spacial score (nSPS) is 23.0. The molecule has 0 spiro atoms. The van der Waals surface area contributed by atoms with Crippen LogP contribution in [-0.4, -0.2) is 35.7 Å². The Bertz CT molecular complexity index is 501. The average molecular weight is 298 g/mol. The van der Waals surface area contributed by atoms with Gasteiger partial charge in [0.15, 0.2) is 0 Å². The molecule has 0 saturated carbocycles. The molecule has 3 nitrogen and oxygen atoms in total. The second-order valence-corrected chi connectivity index (χ2v) is 7.06. The predicted octanol–water partition coefficient (Wildman–Crippen LogP) is 2.85. The summed E-state index contributed by atoms with van der Waals surface area (Å²) in [6.45, 7) is 10.1. The molecule has 1 unspecified atom stereocenters. The van der Waals surface area contributed by atoms with Crippen molar-refractivity contribution < 1.29 is 13.5 Å². The summed E-state index contributed by atoms with van der Waals surface area (Å²) in [6.07, 6.45) is 0. The molecule has 1 fully saturated rings. The Labute approximate surface area is 125 Å². The third-order valence-electron chi connectivity index (χ3n) is 3.58. The molecule has 2 N–H and O–H groups in total. The first-order valence-electron chi connectivity index (χ1n) is 7.21. The fraction of sp³-hybridized carbons (Fsp3) is 0.625. The van der Waals surface area contributed by atoms with Gasteiger partial charge in [0.25, 0.3) is 0 Å². The summed E-state index contributed by atoms with van der Waals surface area (Å²) in [4.78, 5) is 2.18. The van der Waals surface area contributed by atoms with Crippen molar-refractivity contribution >= 4 is 0 Å². The highest BCUT2D eigenvalue weighted by Gasteiger charge is 2.38. The van der Waals surface area contributed by atoms with E-state index in [4.69, 9.17) is 10.5 Å². The topological polar surface area (TPSA) is 38.5 Å². The van der Waals surface area contributed by atoms with Gasteiger partial charge in [-0.1, -0.05) is 6.07 Å². The fourth-order valence-corrected chi connectivity index (χ4v) is 3.25. The van der Waals surface area contributed by atoms with E-state index in [-0.39, 0.29) is 11.2 Å². The number of hydrogen-bond acceptors (Lipinski definition) is 3. The molecular weight excluding hydrogens is 274 g/mol. The Morgan fingerprint density at radius 1 is 1.19 bits per heavy atom. The monoisotopic (exact) mass is 298 g/mol. The molecular formula is C16H24F2N2O. The molecule has 0 radical (unpaired) electrons. The Kier molecular flexibility index (Phi) is 4.38. The molecule has 0 bridgehead atoms. The highest BCUT2D eigenvalue weighted by Crippen LogP contribution is 2.29. The zero-order valence-corrected chi connectivity index (χ0v) is 13.1. The van der Waals surface area contributed by atoms with Crippen molar-refractivity contribution in [2.45, 2.75) is 44.9 Å². The van der Waals surface area contributed by atoms with Gasteiger partial charge in [-0.15, -0.1) is 0 Å². The van der Waals surface area contributed by atoms with E-state index in [0.717, 1.165) is 19.2 Å². The Morgan fingerprint density at radius 3 is 2.29 bits per heavy atom. The Balaban J connectivity index is 2.10. The molecule has 1 saturated heterocycles. The van der Waals surface area contributed by atoms with Crippen molar-refractivity contribution in [3.8, 4) is 0 Å². The van der Waals surface area contributed by atoms with Gasteiger partial charge in [-0.05, 0) is 33.8 Å². The van der Waals surface area contributed by atoms with Gasteiger partial charge < -0.3 is 10.5 Å². The van der Waals surface area contributed by atoms with E-state index in [1.807, 2.05) is 27.7 Å². The maximum Gasteiger partial charge on any atom is 0.130 e. The number of hydrogen-bond donors (Lipinski definition) is 1. The SMILES string of the molecule is CC1(C)CN(CC(N)c2ccc(F)cc2F)CC(C)(C)O1. The van der Waals surface area contributed by atoms with Crippen LogP contribution < -0.4 is 5.73 Å². The van der Waals surface area contributed by atoms with Gasteiger partial charge in [-0.25, -0.2) is 8.78 Å². The van der Waals surface area contributed by atoms with Crippen molar-refractivity contribution in [2.75, 3.05) is 19.6 Å². The predicted molar refractivity (Wildman–Crippen MR) is 79.0 cm³/mol. The minimum absolute atomic E-state index is 0.275. The molecule has 0 amide bonds. The summed E-state index contributed by atoms with van der Waals surface area (Å²) in [5, 5.41) is 0. The first-order chi connectivity index (χ1) is 9.58. The average Bonchev–Trinajstić information content (AvgIpc) is 2.23. The fourth-order valence-electron chi connectivity index (χ4n) is 3.25. The molecule has 5 heteroatoms. The van der Waals surface area contributed by atoms with Crippen LogP contribution in [-0.2, 0) is 4.74 Å². The molecule has 1 aromatic rings. The quantitative estimate of drug-likeness (QED) is 0.932. The van der Waals surface area contributed by atoms with Gasteiger partial charge in [0.05, 0.1) is 11.2 Å². The van der Waals surface area contributed by atoms with Crippen molar-refractivity contribution in [2.24, 2.45) is 5.73 Å². The summed E-state index contributed by atoms with van der Waals surface area (Å²) in [7, 11) is 0. The highest BCUT2D eigenvalue weighted by atomic mass is 19.1. The molecule has 1 aliphatic heterocycles. The third-order valence-corrected chi connectivity index (χ3v) is 3.58. The van der Waals surface area contributed by atoms with Gasteiger partial charge in [-0.3, -0.25) is 4.90 Å². The second-order valence-electron chi connectivity index (χ2n) is 7.06. The Morgan fingerprint density at radius 2 is 1.76 bits per heavy atom. The van der Waals surface area contributed by atoms with Crippen molar-refractivity contribution in [1.82, 2.24) is 4.90 Å². The molecule has 21 heavy (non-hydrogen) atoms. The van der Waals surface area contributed by atoms with Crippen LogP contribution in [0.25, 0.3) is 0 Å². The lowest BCUT2D eigenvalue weighted by Crippen LogP contribution is -2.58. The number of nitrogens with two attached hydrogens (primary N) is 1. The van der Waals surface area contributed by atoms with Crippen LogP contribution in [0.1, 0.15) is 39.3 Å². The number of ether oxygens (including phenoxy) is 1. The number of nitrogens with zero attached hydrogens (tertiary/aromatic N) is 1. The first kappa shape index (κ1) is 16.3. The van der Waals surface area contributed by atoms with E-state index in [0.29, 0.717) is 12.1 Å². The van der Waals surface area contributed by atoms with Crippen LogP contribution in [0.15, 0.2) is 18.2 Å². The van der Waals surface area contributed by atoms with Crippen LogP contribution in [0.3, 0.4) is 0 Å². The largest absolute Gasteiger partial charge is 0.367 e. The van der Waals surface area contributed by atoms with Crippen molar-refractivity contribution in [3.63, 3.8) is 0 Å². The molecule has 0 aliphatic carbocycles. The van der Waals surface area contributed by atoms with Crippen LogP contribution >= 0.6 is 0 Å². The number of morpholine rings is 1. The van der Waals surface area contributed by atoms with E-state index >= 15 is 0 Å². The van der Waals surface area contributed by atoms with Crippen LogP contribution in [0, 0.1) is 11.6 Å². The van der Waals surface area contributed by atoms with E-state index in [9.17, 15) is 8.78 Å². The van der Waals surface area contributed by atoms with E-state index in [2.05, 4.69) is 4.90 Å². The summed E-state index contributed by atoms with van der Waals surface area (Å²) in [5.74, 6) is -1.17. The lowest BCUT2D eigenvalue weighted by molar-refractivity contribution is -0.181. The molecule has 2 rings (SSSR count). The third kappa shape index (κ3) is 4.22. The molecule has 0 aromatic heterocycles. The highest BCUT2D eigenvalue weighted by molar-refractivity contribution is 5.22. The maximum atomic E-state index is 13.8. The lowest BCUT2D eigenvalue weighted by atomic mass is 9.97. The van der Waals surface area contributed by atoms with Gasteiger partial charge in [-0.2, -0.15) is 0 Å². The summed E-state index contributed by atoms with van der Waals surface area (Å²) < 4.78 is 32.8. The smallest absolute Gasteiger partial charge is 0.130 e. The number of rotatable bonds is 3. The van der Waals surface area contributed by atoms with E-state index in [1.165, 1.54) is 12.1 Å². The van der Waals surface area contributed by atoms with Crippen LogP contribution in [0.2, 0.25) is 0 Å². The lowest BCUT2D eigenvalue weighted by Gasteiger charge is -2.47. The van der Waals surface area contributed by atoms with E-state index < -0.39 is 17.7 Å². The van der Waals surface area contributed by atoms with Gasteiger partial charge in [0.2, 0.25) is 0 Å². The zero-order valence-electron chi connectivity index (χ0n) is 13.1. The second kappa shape index (κ2) is 5.63. The van der Waals surface area contributed by atoms with Gasteiger partial charge in [0, 0.05) is 37.3 Å².